The lowest BCUT2D eigenvalue weighted by atomic mass is 10.1. The van der Waals surface area contributed by atoms with E-state index in [0.717, 1.165) is 23.2 Å². The van der Waals surface area contributed by atoms with Crippen molar-refractivity contribution < 1.29 is 14.0 Å². The summed E-state index contributed by atoms with van der Waals surface area (Å²) in [5.41, 5.74) is 4.60. The summed E-state index contributed by atoms with van der Waals surface area (Å²) in [6.07, 6.45) is 1.20. The molecule has 0 saturated heterocycles. The van der Waals surface area contributed by atoms with Gasteiger partial charge in [0.25, 0.3) is 0 Å². The highest BCUT2D eigenvalue weighted by Gasteiger charge is 2.24. The fraction of sp³-hybridized carbons (Fsp3) is 0.200. The average molecular weight is 417 g/mol. The summed E-state index contributed by atoms with van der Waals surface area (Å²) in [5.74, 6) is -0.232. The van der Waals surface area contributed by atoms with Crippen LogP contribution in [-0.4, -0.2) is 30.4 Å². The Morgan fingerprint density at radius 1 is 0.968 bits per heavy atom. The quantitative estimate of drug-likeness (QED) is 0.659. The third kappa shape index (κ3) is 4.91. The highest BCUT2D eigenvalue weighted by molar-refractivity contribution is 5.96. The van der Waals surface area contributed by atoms with Gasteiger partial charge in [0.1, 0.15) is 5.82 Å². The van der Waals surface area contributed by atoms with E-state index in [-0.39, 0.29) is 17.8 Å². The summed E-state index contributed by atoms with van der Waals surface area (Å²) in [7, 11) is 1.68. The van der Waals surface area contributed by atoms with E-state index >= 15 is 0 Å². The highest BCUT2D eigenvalue weighted by Crippen LogP contribution is 2.28. The number of urea groups is 1. The van der Waals surface area contributed by atoms with E-state index in [4.69, 9.17) is 0 Å². The van der Waals surface area contributed by atoms with Gasteiger partial charge in [-0.1, -0.05) is 42.5 Å². The zero-order valence-corrected chi connectivity index (χ0v) is 17.3. The van der Waals surface area contributed by atoms with Crippen molar-refractivity contribution in [3.63, 3.8) is 0 Å². The Balaban J connectivity index is 1.32. The van der Waals surface area contributed by atoms with Crippen molar-refractivity contribution in [1.82, 2.24) is 4.90 Å². The Kier molecular flexibility index (Phi) is 5.98. The van der Waals surface area contributed by atoms with Gasteiger partial charge < -0.3 is 15.1 Å². The van der Waals surface area contributed by atoms with E-state index < -0.39 is 0 Å². The lowest BCUT2D eigenvalue weighted by Crippen LogP contribution is -2.31. The molecule has 0 aliphatic carbocycles. The summed E-state index contributed by atoms with van der Waals surface area (Å²) in [4.78, 5) is 28.5. The molecule has 0 atom stereocenters. The van der Waals surface area contributed by atoms with Gasteiger partial charge in [-0.15, -0.1) is 0 Å². The molecular formula is C25H24FN3O2. The van der Waals surface area contributed by atoms with Gasteiger partial charge in [0.05, 0.1) is 6.42 Å². The first-order valence-corrected chi connectivity index (χ1v) is 10.2. The van der Waals surface area contributed by atoms with E-state index in [0.29, 0.717) is 25.2 Å². The maximum atomic E-state index is 13.0. The molecule has 0 spiro atoms. The van der Waals surface area contributed by atoms with Gasteiger partial charge in [-0.3, -0.25) is 4.79 Å². The third-order valence-corrected chi connectivity index (χ3v) is 5.43. The molecule has 0 unspecified atom stereocenters. The van der Waals surface area contributed by atoms with Crippen LogP contribution in [0.3, 0.4) is 0 Å². The predicted molar refractivity (Wildman–Crippen MR) is 120 cm³/mol. The minimum atomic E-state index is -0.302. The summed E-state index contributed by atoms with van der Waals surface area (Å²) >= 11 is 0. The first-order valence-electron chi connectivity index (χ1n) is 10.2. The maximum Gasteiger partial charge on any atom is 0.321 e. The van der Waals surface area contributed by atoms with Crippen molar-refractivity contribution in [2.75, 3.05) is 23.8 Å². The standard InChI is InChI=1S/C25H24FN3O2/c1-28(17-19-6-10-21(26)11-7-19)25(31)27-22-12-8-18(9-13-22)16-24(30)29-15-14-20-4-2-3-5-23(20)29/h2-13H,14-17H2,1H3,(H,27,31). The van der Waals surface area contributed by atoms with Crippen molar-refractivity contribution >= 4 is 23.3 Å². The molecule has 1 aliphatic heterocycles. The summed E-state index contributed by atoms with van der Waals surface area (Å²) < 4.78 is 13.0. The van der Waals surface area contributed by atoms with Gasteiger partial charge in [-0.05, 0) is 53.4 Å². The molecule has 158 valence electrons. The molecule has 1 heterocycles. The summed E-state index contributed by atoms with van der Waals surface area (Å²) in [5, 5.41) is 2.84. The Labute approximate surface area is 181 Å². The number of nitrogens with one attached hydrogen (secondary N) is 1. The van der Waals surface area contributed by atoms with Crippen LogP contribution in [-0.2, 0) is 24.2 Å². The zero-order chi connectivity index (χ0) is 21.8. The fourth-order valence-electron chi connectivity index (χ4n) is 3.73. The normalized spacial score (nSPS) is 12.4. The number of carbonyl (C=O) groups is 2. The van der Waals surface area contributed by atoms with Crippen LogP contribution in [0.25, 0.3) is 0 Å². The number of halogens is 1. The van der Waals surface area contributed by atoms with Crippen LogP contribution < -0.4 is 10.2 Å². The predicted octanol–water partition coefficient (Wildman–Crippen LogP) is 4.62. The number of hydrogen-bond acceptors (Lipinski definition) is 2. The van der Waals surface area contributed by atoms with Gasteiger partial charge in [0, 0.05) is 31.5 Å². The van der Waals surface area contributed by atoms with Gasteiger partial charge in [-0.25, -0.2) is 9.18 Å². The topological polar surface area (TPSA) is 52.7 Å². The smallest absolute Gasteiger partial charge is 0.321 e. The van der Waals surface area contributed by atoms with E-state index in [9.17, 15) is 14.0 Å². The Morgan fingerprint density at radius 3 is 2.39 bits per heavy atom. The molecule has 0 saturated carbocycles. The molecule has 4 rings (SSSR count). The largest absolute Gasteiger partial charge is 0.323 e. The SMILES string of the molecule is CN(Cc1ccc(F)cc1)C(=O)Nc1ccc(CC(=O)N2CCc3ccccc32)cc1. The molecular weight excluding hydrogens is 393 g/mol. The third-order valence-electron chi connectivity index (χ3n) is 5.43. The zero-order valence-electron chi connectivity index (χ0n) is 17.3. The highest BCUT2D eigenvalue weighted by atomic mass is 19.1. The molecule has 5 nitrogen and oxygen atoms in total. The number of hydrogen-bond donors (Lipinski definition) is 1. The second-order valence-corrected chi connectivity index (χ2v) is 7.71. The van der Waals surface area contributed by atoms with E-state index in [1.54, 1.807) is 31.3 Å². The van der Waals surface area contributed by atoms with Crippen LogP contribution in [0.5, 0.6) is 0 Å². The Morgan fingerprint density at radius 2 is 1.65 bits per heavy atom. The van der Waals surface area contributed by atoms with Gasteiger partial charge >= 0.3 is 6.03 Å². The fourth-order valence-corrected chi connectivity index (χ4v) is 3.73. The molecule has 0 bridgehead atoms. The monoisotopic (exact) mass is 417 g/mol. The number of benzene rings is 3. The van der Waals surface area contributed by atoms with Gasteiger partial charge in [0.2, 0.25) is 5.91 Å². The molecule has 0 fully saturated rings. The molecule has 3 aromatic carbocycles. The van der Waals surface area contributed by atoms with Crippen LogP contribution in [0.1, 0.15) is 16.7 Å². The summed E-state index contributed by atoms with van der Waals surface area (Å²) in [6, 6.07) is 21.1. The molecule has 3 amide bonds. The van der Waals surface area contributed by atoms with E-state index in [1.807, 2.05) is 35.2 Å². The molecule has 0 radical (unpaired) electrons. The first-order chi connectivity index (χ1) is 15.0. The number of amides is 3. The van der Waals surface area contributed by atoms with Crippen LogP contribution >= 0.6 is 0 Å². The van der Waals surface area contributed by atoms with Crippen LogP contribution in [0, 0.1) is 5.82 Å². The number of anilines is 2. The lowest BCUT2D eigenvalue weighted by molar-refractivity contribution is -0.117. The minimum Gasteiger partial charge on any atom is -0.323 e. The number of carbonyl (C=O) groups excluding carboxylic acids is 2. The van der Waals surface area contributed by atoms with Crippen molar-refractivity contribution in [3.05, 3.63) is 95.3 Å². The number of fused-ring (bicyclic) bond motifs is 1. The van der Waals surface area contributed by atoms with Gasteiger partial charge in [0.15, 0.2) is 0 Å². The summed E-state index contributed by atoms with van der Waals surface area (Å²) in [6.45, 7) is 1.09. The second-order valence-electron chi connectivity index (χ2n) is 7.71. The molecule has 6 heteroatoms. The molecule has 3 aromatic rings. The number of para-hydroxylation sites is 1. The van der Waals surface area contributed by atoms with Crippen LogP contribution in [0.15, 0.2) is 72.8 Å². The number of nitrogens with zero attached hydrogens (tertiary/aromatic N) is 2. The van der Waals surface area contributed by atoms with E-state index in [2.05, 4.69) is 11.4 Å². The van der Waals surface area contributed by atoms with E-state index in [1.165, 1.54) is 22.6 Å². The molecule has 0 aromatic heterocycles. The van der Waals surface area contributed by atoms with Crippen LogP contribution in [0.2, 0.25) is 0 Å². The van der Waals surface area contributed by atoms with Gasteiger partial charge in [-0.2, -0.15) is 0 Å². The maximum absolute atomic E-state index is 13.0. The Bertz CT molecular complexity index is 1080. The lowest BCUT2D eigenvalue weighted by Gasteiger charge is -2.19. The van der Waals surface area contributed by atoms with Crippen LogP contribution in [0.4, 0.5) is 20.6 Å². The van der Waals surface area contributed by atoms with Crippen molar-refractivity contribution in [1.29, 1.82) is 0 Å². The molecule has 1 N–H and O–H groups in total. The average Bonchev–Trinajstić information content (AvgIpc) is 3.21. The second kappa shape index (κ2) is 9.00. The minimum absolute atomic E-state index is 0.0702. The van der Waals surface area contributed by atoms with Crippen molar-refractivity contribution in [2.24, 2.45) is 0 Å². The molecule has 1 aliphatic rings. The van der Waals surface area contributed by atoms with Crippen molar-refractivity contribution in [2.45, 2.75) is 19.4 Å². The Hall–Kier alpha value is -3.67. The number of rotatable bonds is 5. The van der Waals surface area contributed by atoms with Crippen molar-refractivity contribution in [3.8, 4) is 0 Å². The first kappa shape index (κ1) is 20.6. The molecule has 31 heavy (non-hydrogen) atoms.